The zero-order valence-electron chi connectivity index (χ0n) is 10.5. The molecular formula is C12H14ClN3O3. The molecule has 1 aliphatic carbocycles. The van der Waals surface area contributed by atoms with Gasteiger partial charge in [-0.3, -0.25) is 14.9 Å². The van der Waals surface area contributed by atoms with Gasteiger partial charge >= 0.3 is 0 Å². The third-order valence-corrected chi connectivity index (χ3v) is 3.41. The normalized spacial score (nSPS) is 14.2. The van der Waals surface area contributed by atoms with Gasteiger partial charge in [0.05, 0.1) is 10.5 Å². The van der Waals surface area contributed by atoms with Crippen molar-refractivity contribution in [3.05, 3.63) is 33.1 Å². The van der Waals surface area contributed by atoms with Crippen LogP contribution in [0, 0.1) is 16.0 Å². The van der Waals surface area contributed by atoms with Crippen LogP contribution in [0.4, 0.5) is 5.69 Å². The van der Waals surface area contributed by atoms with Crippen LogP contribution in [0.15, 0.2) is 12.3 Å². The first-order valence-corrected chi connectivity index (χ1v) is 6.50. The van der Waals surface area contributed by atoms with Gasteiger partial charge < -0.3 is 4.90 Å². The van der Waals surface area contributed by atoms with Crippen molar-refractivity contribution in [2.75, 3.05) is 13.1 Å². The molecule has 0 spiro atoms. The van der Waals surface area contributed by atoms with Crippen molar-refractivity contribution in [1.82, 2.24) is 9.88 Å². The molecule has 2 rings (SSSR count). The van der Waals surface area contributed by atoms with Crippen LogP contribution in [0.2, 0.25) is 5.15 Å². The lowest BCUT2D eigenvalue weighted by Gasteiger charge is -2.20. The predicted molar refractivity (Wildman–Crippen MR) is 70.2 cm³/mol. The van der Waals surface area contributed by atoms with Crippen LogP contribution in [0.5, 0.6) is 0 Å². The molecule has 1 aromatic heterocycles. The molecule has 0 unspecified atom stereocenters. The number of carbonyl (C=O) groups excluding carboxylic acids is 1. The Bertz CT molecular complexity index is 517. The van der Waals surface area contributed by atoms with E-state index < -0.39 is 4.92 Å². The van der Waals surface area contributed by atoms with E-state index in [1.165, 1.54) is 6.07 Å². The standard InChI is InChI=1S/C12H14ClN3O3/c1-2-15(7-8-3-4-8)12(17)10-5-9(16(18)19)6-14-11(10)13/h5-6,8H,2-4,7H2,1H3. The van der Waals surface area contributed by atoms with Crippen LogP contribution >= 0.6 is 11.6 Å². The zero-order valence-corrected chi connectivity index (χ0v) is 11.3. The van der Waals surface area contributed by atoms with Crippen molar-refractivity contribution in [3.8, 4) is 0 Å². The van der Waals surface area contributed by atoms with Crippen molar-refractivity contribution < 1.29 is 9.72 Å². The second-order valence-electron chi connectivity index (χ2n) is 4.58. The van der Waals surface area contributed by atoms with Crippen molar-refractivity contribution in [3.63, 3.8) is 0 Å². The molecule has 19 heavy (non-hydrogen) atoms. The highest BCUT2D eigenvalue weighted by molar-refractivity contribution is 6.32. The van der Waals surface area contributed by atoms with Crippen molar-refractivity contribution in [2.45, 2.75) is 19.8 Å². The van der Waals surface area contributed by atoms with Crippen LogP contribution in [-0.4, -0.2) is 33.8 Å². The number of carbonyl (C=O) groups is 1. The maximum absolute atomic E-state index is 12.3. The molecule has 0 saturated heterocycles. The van der Waals surface area contributed by atoms with E-state index in [4.69, 9.17) is 11.6 Å². The van der Waals surface area contributed by atoms with Crippen molar-refractivity contribution in [2.24, 2.45) is 5.92 Å². The maximum atomic E-state index is 12.3. The van der Waals surface area contributed by atoms with Crippen LogP contribution < -0.4 is 0 Å². The number of nitrogens with zero attached hydrogens (tertiary/aromatic N) is 3. The number of hydrogen-bond acceptors (Lipinski definition) is 4. The lowest BCUT2D eigenvalue weighted by molar-refractivity contribution is -0.385. The Hall–Kier alpha value is -1.69. The summed E-state index contributed by atoms with van der Waals surface area (Å²) >= 11 is 5.87. The molecule has 0 radical (unpaired) electrons. The monoisotopic (exact) mass is 283 g/mol. The Morgan fingerprint density at radius 2 is 2.32 bits per heavy atom. The average molecular weight is 284 g/mol. The molecule has 1 amide bonds. The Labute approximate surface area is 115 Å². The number of rotatable bonds is 5. The van der Waals surface area contributed by atoms with E-state index in [9.17, 15) is 14.9 Å². The van der Waals surface area contributed by atoms with Gasteiger partial charge in [0, 0.05) is 19.2 Å². The number of hydrogen-bond donors (Lipinski definition) is 0. The van der Waals surface area contributed by atoms with E-state index >= 15 is 0 Å². The van der Waals surface area contributed by atoms with Gasteiger partial charge in [-0.2, -0.15) is 0 Å². The second-order valence-corrected chi connectivity index (χ2v) is 4.93. The van der Waals surface area contributed by atoms with E-state index in [1.54, 1.807) is 4.90 Å². The van der Waals surface area contributed by atoms with Crippen LogP contribution in [0.1, 0.15) is 30.1 Å². The van der Waals surface area contributed by atoms with Gasteiger partial charge in [-0.25, -0.2) is 4.98 Å². The fourth-order valence-electron chi connectivity index (χ4n) is 1.82. The maximum Gasteiger partial charge on any atom is 0.288 e. The summed E-state index contributed by atoms with van der Waals surface area (Å²) in [6.45, 7) is 3.10. The molecule has 1 aromatic rings. The third-order valence-electron chi connectivity index (χ3n) is 3.11. The van der Waals surface area contributed by atoms with E-state index in [-0.39, 0.29) is 22.3 Å². The van der Waals surface area contributed by atoms with Gasteiger partial charge in [0.1, 0.15) is 11.3 Å². The molecule has 0 atom stereocenters. The minimum absolute atomic E-state index is 0.00449. The summed E-state index contributed by atoms with van der Waals surface area (Å²) in [5.41, 5.74) is -0.131. The van der Waals surface area contributed by atoms with Gasteiger partial charge in [-0.05, 0) is 25.7 Å². The van der Waals surface area contributed by atoms with Crippen LogP contribution in [0.3, 0.4) is 0 Å². The molecule has 1 fully saturated rings. The Balaban J connectivity index is 2.25. The van der Waals surface area contributed by atoms with Gasteiger partial charge in [-0.15, -0.1) is 0 Å². The summed E-state index contributed by atoms with van der Waals surface area (Å²) in [5, 5.41) is 10.7. The Morgan fingerprint density at radius 1 is 1.63 bits per heavy atom. The summed E-state index contributed by atoms with van der Waals surface area (Å²) in [6.07, 6.45) is 3.31. The SMILES string of the molecule is CCN(CC1CC1)C(=O)c1cc([N+](=O)[O-])cnc1Cl. The number of pyridine rings is 1. The highest BCUT2D eigenvalue weighted by Gasteiger charge is 2.28. The summed E-state index contributed by atoms with van der Waals surface area (Å²) in [5.74, 6) is 0.255. The first-order valence-electron chi connectivity index (χ1n) is 6.12. The van der Waals surface area contributed by atoms with E-state index in [1.807, 2.05) is 6.92 Å². The van der Waals surface area contributed by atoms with Gasteiger partial charge in [0.15, 0.2) is 0 Å². The van der Waals surface area contributed by atoms with E-state index in [0.29, 0.717) is 19.0 Å². The topological polar surface area (TPSA) is 76.3 Å². The second kappa shape index (κ2) is 5.52. The minimum atomic E-state index is -0.586. The molecule has 0 aromatic carbocycles. The predicted octanol–water partition coefficient (Wildman–Crippen LogP) is 2.52. The summed E-state index contributed by atoms with van der Waals surface area (Å²) < 4.78 is 0. The van der Waals surface area contributed by atoms with Crippen LogP contribution in [-0.2, 0) is 0 Å². The summed E-state index contributed by atoms with van der Waals surface area (Å²) in [6, 6.07) is 1.19. The summed E-state index contributed by atoms with van der Waals surface area (Å²) in [7, 11) is 0. The molecule has 0 bridgehead atoms. The first-order chi connectivity index (χ1) is 9.02. The number of nitro groups is 1. The molecule has 1 aliphatic rings. The Kier molecular flexibility index (Phi) is 3.99. The highest BCUT2D eigenvalue weighted by atomic mass is 35.5. The molecule has 0 N–H and O–H groups in total. The molecule has 6 nitrogen and oxygen atoms in total. The fourth-order valence-corrected chi connectivity index (χ4v) is 2.01. The number of halogens is 1. The lowest BCUT2D eigenvalue weighted by atomic mass is 10.2. The van der Waals surface area contributed by atoms with E-state index in [0.717, 1.165) is 19.0 Å². The average Bonchev–Trinajstić information content (AvgIpc) is 3.19. The molecule has 102 valence electrons. The van der Waals surface area contributed by atoms with Gasteiger partial charge in [0.25, 0.3) is 11.6 Å². The largest absolute Gasteiger partial charge is 0.339 e. The minimum Gasteiger partial charge on any atom is -0.339 e. The fraction of sp³-hybridized carbons (Fsp3) is 0.500. The molecule has 1 saturated carbocycles. The lowest BCUT2D eigenvalue weighted by Crippen LogP contribution is -2.33. The molecule has 0 aliphatic heterocycles. The zero-order chi connectivity index (χ0) is 14.0. The summed E-state index contributed by atoms with van der Waals surface area (Å²) in [4.78, 5) is 27.8. The number of amides is 1. The van der Waals surface area contributed by atoms with Crippen molar-refractivity contribution >= 4 is 23.2 Å². The van der Waals surface area contributed by atoms with Crippen LogP contribution in [0.25, 0.3) is 0 Å². The smallest absolute Gasteiger partial charge is 0.288 e. The molecule has 1 heterocycles. The van der Waals surface area contributed by atoms with E-state index in [2.05, 4.69) is 4.98 Å². The number of aromatic nitrogens is 1. The van der Waals surface area contributed by atoms with Gasteiger partial charge in [-0.1, -0.05) is 11.6 Å². The third kappa shape index (κ3) is 3.20. The first kappa shape index (κ1) is 13.7. The highest BCUT2D eigenvalue weighted by Crippen LogP contribution is 2.30. The molecule has 7 heteroatoms. The quantitative estimate of drug-likeness (QED) is 0.473. The van der Waals surface area contributed by atoms with Crippen molar-refractivity contribution in [1.29, 1.82) is 0 Å². The van der Waals surface area contributed by atoms with Gasteiger partial charge in [0.2, 0.25) is 0 Å². The Morgan fingerprint density at radius 3 is 2.84 bits per heavy atom. The molecular weight excluding hydrogens is 270 g/mol.